The number of aromatic nitrogens is 2. The number of alkyl halides is 3. The first-order chi connectivity index (χ1) is 11.4. The predicted molar refractivity (Wildman–Crippen MR) is 78.6 cm³/mol. The maximum atomic E-state index is 12.5. The highest BCUT2D eigenvalue weighted by molar-refractivity contribution is 5.76. The molecule has 0 unspecified atom stereocenters. The summed E-state index contributed by atoms with van der Waals surface area (Å²) in [5.41, 5.74) is 1.34. The Bertz CT molecular complexity index is 710. The standard InChI is InChI=1S/C16H16F3N3O2/c17-16(18,19)15-20-14(21-24-15)12-7-5-11(6-8-12)10-22-9-3-1-2-4-13(22)23/h5-8H,1-4,9-10H2. The van der Waals surface area contributed by atoms with Gasteiger partial charge < -0.3 is 9.42 Å². The van der Waals surface area contributed by atoms with Crippen LogP contribution in [0.25, 0.3) is 11.4 Å². The number of benzene rings is 1. The number of halogens is 3. The van der Waals surface area contributed by atoms with Crippen LogP contribution >= 0.6 is 0 Å². The average Bonchev–Trinajstić information content (AvgIpc) is 2.96. The Kier molecular flexibility index (Phi) is 4.55. The second kappa shape index (κ2) is 6.62. The summed E-state index contributed by atoms with van der Waals surface area (Å²) in [5, 5.41) is 3.35. The molecule has 2 aromatic rings. The molecule has 0 spiro atoms. The third-order valence-electron chi connectivity index (χ3n) is 3.93. The van der Waals surface area contributed by atoms with Gasteiger partial charge in [-0.3, -0.25) is 4.79 Å². The molecule has 8 heteroatoms. The third kappa shape index (κ3) is 3.74. The molecule has 1 aromatic heterocycles. The van der Waals surface area contributed by atoms with Crippen molar-refractivity contribution >= 4 is 5.91 Å². The first-order valence-electron chi connectivity index (χ1n) is 7.71. The van der Waals surface area contributed by atoms with Crippen LogP contribution in [0.5, 0.6) is 0 Å². The topological polar surface area (TPSA) is 59.2 Å². The molecule has 5 nitrogen and oxygen atoms in total. The van der Waals surface area contributed by atoms with Crippen molar-refractivity contribution in [3.8, 4) is 11.4 Å². The minimum absolute atomic E-state index is 0.111. The fourth-order valence-corrected chi connectivity index (χ4v) is 2.64. The SMILES string of the molecule is O=C1CCCCCN1Cc1ccc(-c2noc(C(F)(F)F)n2)cc1. The zero-order valence-corrected chi connectivity index (χ0v) is 12.8. The summed E-state index contributed by atoms with van der Waals surface area (Å²) in [7, 11) is 0. The number of likely N-dealkylation sites (tertiary alicyclic amines) is 1. The number of hydrogen-bond acceptors (Lipinski definition) is 4. The van der Waals surface area contributed by atoms with E-state index in [4.69, 9.17) is 0 Å². The molecule has 0 aliphatic carbocycles. The Balaban J connectivity index is 1.71. The van der Waals surface area contributed by atoms with E-state index in [0.29, 0.717) is 18.5 Å². The van der Waals surface area contributed by atoms with Crippen LogP contribution in [0.4, 0.5) is 13.2 Å². The molecular formula is C16H16F3N3O2. The van der Waals surface area contributed by atoms with Crippen LogP contribution < -0.4 is 0 Å². The van der Waals surface area contributed by atoms with E-state index < -0.39 is 12.1 Å². The molecule has 3 rings (SSSR count). The van der Waals surface area contributed by atoms with Gasteiger partial charge in [-0.1, -0.05) is 35.8 Å². The second-order valence-corrected chi connectivity index (χ2v) is 5.74. The molecule has 24 heavy (non-hydrogen) atoms. The molecule has 1 aliphatic heterocycles. The van der Waals surface area contributed by atoms with E-state index in [1.165, 1.54) is 0 Å². The number of hydrogen-bond donors (Lipinski definition) is 0. The highest BCUT2D eigenvalue weighted by Gasteiger charge is 2.38. The number of carbonyl (C=O) groups is 1. The van der Waals surface area contributed by atoms with Crippen molar-refractivity contribution in [2.24, 2.45) is 0 Å². The molecule has 0 atom stereocenters. The Morgan fingerprint density at radius 3 is 2.54 bits per heavy atom. The van der Waals surface area contributed by atoms with Crippen molar-refractivity contribution in [1.82, 2.24) is 15.0 Å². The van der Waals surface area contributed by atoms with E-state index in [2.05, 4.69) is 14.7 Å². The van der Waals surface area contributed by atoms with Crippen LogP contribution in [0.3, 0.4) is 0 Å². The highest BCUT2D eigenvalue weighted by atomic mass is 19.4. The summed E-state index contributed by atoms with van der Waals surface area (Å²) in [6.45, 7) is 1.24. The zero-order valence-electron chi connectivity index (χ0n) is 12.8. The Labute approximate surface area is 136 Å². The van der Waals surface area contributed by atoms with Crippen molar-refractivity contribution in [2.45, 2.75) is 38.4 Å². The number of rotatable bonds is 3. The summed E-state index contributed by atoms with van der Waals surface area (Å²) >= 11 is 0. The molecule has 1 aromatic carbocycles. The van der Waals surface area contributed by atoms with E-state index in [1.807, 2.05) is 4.90 Å². The molecule has 1 aliphatic rings. The Morgan fingerprint density at radius 1 is 1.12 bits per heavy atom. The van der Waals surface area contributed by atoms with E-state index >= 15 is 0 Å². The molecule has 1 saturated heterocycles. The molecule has 0 radical (unpaired) electrons. The molecule has 128 valence electrons. The molecule has 1 fully saturated rings. The van der Waals surface area contributed by atoms with Crippen molar-refractivity contribution in [1.29, 1.82) is 0 Å². The maximum Gasteiger partial charge on any atom is 0.471 e. The molecule has 0 bridgehead atoms. The minimum Gasteiger partial charge on any atom is -0.338 e. The molecule has 0 saturated carbocycles. The highest BCUT2D eigenvalue weighted by Crippen LogP contribution is 2.29. The van der Waals surface area contributed by atoms with Gasteiger partial charge in [0.2, 0.25) is 11.7 Å². The number of carbonyl (C=O) groups excluding carboxylic acids is 1. The zero-order chi connectivity index (χ0) is 17.2. The van der Waals surface area contributed by atoms with Gasteiger partial charge in [-0.2, -0.15) is 18.2 Å². The lowest BCUT2D eigenvalue weighted by Crippen LogP contribution is -2.29. The molecule has 1 amide bonds. The largest absolute Gasteiger partial charge is 0.471 e. The fourth-order valence-electron chi connectivity index (χ4n) is 2.64. The third-order valence-corrected chi connectivity index (χ3v) is 3.93. The van der Waals surface area contributed by atoms with Gasteiger partial charge in [0, 0.05) is 25.1 Å². The van der Waals surface area contributed by atoms with Crippen LogP contribution in [0.1, 0.15) is 37.1 Å². The van der Waals surface area contributed by atoms with Crippen LogP contribution in [0.15, 0.2) is 28.8 Å². The average molecular weight is 339 g/mol. The van der Waals surface area contributed by atoms with Gasteiger partial charge in [0.1, 0.15) is 0 Å². The first-order valence-corrected chi connectivity index (χ1v) is 7.71. The fraction of sp³-hybridized carbons (Fsp3) is 0.438. The lowest BCUT2D eigenvalue weighted by Gasteiger charge is -2.20. The van der Waals surface area contributed by atoms with E-state index in [-0.39, 0.29) is 11.7 Å². The van der Waals surface area contributed by atoms with Gasteiger partial charge in [0.15, 0.2) is 0 Å². The van der Waals surface area contributed by atoms with Crippen LogP contribution in [0, 0.1) is 0 Å². The van der Waals surface area contributed by atoms with Gasteiger partial charge >= 0.3 is 12.1 Å². The second-order valence-electron chi connectivity index (χ2n) is 5.74. The summed E-state index contributed by atoms with van der Waals surface area (Å²) in [5.74, 6) is -1.33. The smallest absolute Gasteiger partial charge is 0.338 e. The lowest BCUT2D eigenvalue weighted by molar-refractivity contribution is -0.159. The van der Waals surface area contributed by atoms with E-state index in [1.54, 1.807) is 24.3 Å². The molecule has 2 heterocycles. The number of amides is 1. The van der Waals surface area contributed by atoms with Crippen molar-refractivity contribution in [3.05, 3.63) is 35.7 Å². The Morgan fingerprint density at radius 2 is 1.88 bits per heavy atom. The predicted octanol–water partition coefficient (Wildman–Crippen LogP) is 3.66. The summed E-state index contributed by atoms with van der Waals surface area (Å²) in [6, 6.07) is 6.78. The molecule has 0 N–H and O–H groups in total. The minimum atomic E-state index is -4.65. The van der Waals surface area contributed by atoms with Crippen LogP contribution in [-0.4, -0.2) is 27.5 Å². The maximum absolute atomic E-state index is 12.5. The summed E-state index contributed by atoms with van der Waals surface area (Å²) in [6.07, 6.45) is -1.11. The van der Waals surface area contributed by atoms with Gasteiger partial charge in [-0.25, -0.2) is 0 Å². The number of nitrogens with zero attached hydrogens (tertiary/aromatic N) is 3. The van der Waals surface area contributed by atoms with Crippen LogP contribution in [0.2, 0.25) is 0 Å². The van der Waals surface area contributed by atoms with Crippen molar-refractivity contribution < 1.29 is 22.5 Å². The van der Waals surface area contributed by atoms with Crippen molar-refractivity contribution in [3.63, 3.8) is 0 Å². The van der Waals surface area contributed by atoms with E-state index in [0.717, 1.165) is 31.4 Å². The van der Waals surface area contributed by atoms with Gasteiger partial charge in [0.05, 0.1) is 0 Å². The normalized spacial score (nSPS) is 16.3. The summed E-state index contributed by atoms with van der Waals surface area (Å²) < 4.78 is 41.7. The monoisotopic (exact) mass is 339 g/mol. The summed E-state index contributed by atoms with van der Waals surface area (Å²) in [4.78, 5) is 17.2. The van der Waals surface area contributed by atoms with Gasteiger partial charge in [-0.05, 0) is 18.4 Å². The lowest BCUT2D eigenvalue weighted by atomic mass is 10.1. The first kappa shape index (κ1) is 16.5. The van der Waals surface area contributed by atoms with Gasteiger partial charge in [-0.15, -0.1) is 0 Å². The van der Waals surface area contributed by atoms with E-state index in [9.17, 15) is 18.0 Å². The Hall–Kier alpha value is -2.38. The van der Waals surface area contributed by atoms with Crippen molar-refractivity contribution in [2.75, 3.05) is 6.54 Å². The van der Waals surface area contributed by atoms with Gasteiger partial charge in [0.25, 0.3) is 0 Å². The quantitative estimate of drug-likeness (QED) is 0.856. The van der Waals surface area contributed by atoms with Crippen LogP contribution in [-0.2, 0) is 17.5 Å². The molecular weight excluding hydrogens is 323 g/mol.